The third-order valence-electron chi connectivity index (χ3n) is 1.57. The largest absolute Gasteiger partial charge is 0.459 e. The van der Waals surface area contributed by atoms with Gasteiger partial charge in [0, 0.05) is 0 Å². The van der Waals surface area contributed by atoms with E-state index in [0.29, 0.717) is 0 Å². The Bertz CT molecular complexity index is 408. The number of nitrogens with zero attached hydrogens (tertiary/aromatic N) is 2. The quantitative estimate of drug-likeness (QED) is 0.422. The normalized spacial score (nSPS) is 11.3. The van der Waals surface area contributed by atoms with Gasteiger partial charge in [-0.25, -0.2) is 9.59 Å². The molecule has 0 aliphatic rings. The molecule has 0 bridgehead atoms. The summed E-state index contributed by atoms with van der Waals surface area (Å²) < 4.78 is 9.53. The summed E-state index contributed by atoms with van der Waals surface area (Å²) in [5, 5.41) is 17.7. The van der Waals surface area contributed by atoms with Gasteiger partial charge in [0.15, 0.2) is 11.1 Å². The van der Waals surface area contributed by atoms with Gasteiger partial charge in [-0.05, 0) is 27.7 Å². The third kappa shape index (κ3) is 4.67. The van der Waals surface area contributed by atoms with Crippen molar-refractivity contribution >= 4 is 11.9 Å². The average Bonchev–Trinajstić information content (AvgIpc) is 2.22. The summed E-state index contributed by atoms with van der Waals surface area (Å²) in [6.07, 6.45) is -0.913. The minimum atomic E-state index is -1.01. The SMILES string of the molecule is CC(C)OC(=O)/C(C#N)=C(\C#N)C(=O)OC(C)C. The van der Waals surface area contributed by atoms with Crippen molar-refractivity contribution in [2.75, 3.05) is 0 Å². The molecule has 96 valence electrons. The Morgan fingerprint density at radius 2 is 1.11 bits per heavy atom. The zero-order valence-electron chi connectivity index (χ0n) is 10.7. The summed E-state index contributed by atoms with van der Waals surface area (Å²) in [4.78, 5) is 23.0. The summed E-state index contributed by atoms with van der Waals surface area (Å²) in [7, 11) is 0. The Balaban J connectivity index is 5.34. The molecule has 0 saturated heterocycles. The van der Waals surface area contributed by atoms with Gasteiger partial charge in [-0.1, -0.05) is 0 Å². The Labute approximate surface area is 105 Å². The maximum absolute atomic E-state index is 11.5. The lowest BCUT2D eigenvalue weighted by molar-refractivity contribution is -0.145. The number of carbonyl (C=O) groups is 2. The molecule has 0 heterocycles. The van der Waals surface area contributed by atoms with Crippen LogP contribution < -0.4 is 0 Å². The van der Waals surface area contributed by atoms with Gasteiger partial charge in [0.05, 0.1) is 12.2 Å². The maximum atomic E-state index is 11.5. The fourth-order valence-electron chi connectivity index (χ4n) is 0.953. The Morgan fingerprint density at radius 1 is 0.833 bits per heavy atom. The van der Waals surface area contributed by atoms with Crippen molar-refractivity contribution in [3.8, 4) is 12.1 Å². The number of carbonyl (C=O) groups excluding carboxylic acids is 2. The molecule has 0 amide bonds. The molecule has 0 aromatic carbocycles. The summed E-state index contributed by atoms with van der Waals surface area (Å²) in [5.74, 6) is -2.02. The van der Waals surface area contributed by atoms with Crippen molar-refractivity contribution in [2.24, 2.45) is 0 Å². The van der Waals surface area contributed by atoms with Crippen molar-refractivity contribution in [3.05, 3.63) is 11.1 Å². The molecule has 6 nitrogen and oxygen atoms in total. The van der Waals surface area contributed by atoms with Gasteiger partial charge in [0.2, 0.25) is 0 Å². The van der Waals surface area contributed by atoms with Gasteiger partial charge in [-0.2, -0.15) is 10.5 Å². The second-order valence-electron chi connectivity index (χ2n) is 3.88. The van der Waals surface area contributed by atoms with Crippen LogP contribution in [0, 0.1) is 22.7 Å². The van der Waals surface area contributed by atoms with Crippen LogP contribution in [0.15, 0.2) is 11.1 Å². The van der Waals surface area contributed by atoms with Crippen LogP contribution in [-0.4, -0.2) is 24.1 Å². The first-order valence-electron chi connectivity index (χ1n) is 5.29. The Hall–Kier alpha value is -2.34. The molecule has 0 N–H and O–H groups in total. The van der Waals surface area contributed by atoms with E-state index in [0.717, 1.165) is 0 Å². The molecule has 6 heteroatoms. The second kappa shape index (κ2) is 7.08. The molecule has 0 rings (SSSR count). The van der Waals surface area contributed by atoms with Crippen molar-refractivity contribution in [3.63, 3.8) is 0 Å². The van der Waals surface area contributed by atoms with E-state index in [2.05, 4.69) is 0 Å². The number of hydrogen-bond donors (Lipinski definition) is 0. The molecular weight excluding hydrogens is 236 g/mol. The standard InChI is InChI=1S/C12H14N2O4/c1-7(2)17-11(15)9(5-13)10(6-14)12(16)18-8(3)4/h7-8H,1-4H3/b10-9+. The molecule has 0 radical (unpaired) electrons. The van der Waals surface area contributed by atoms with E-state index in [1.54, 1.807) is 27.7 Å². The van der Waals surface area contributed by atoms with Crippen LogP contribution in [0.5, 0.6) is 0 Å². The van der Waals surface area contributed by atoms with Crippen LogP contribution in [0.3, 0.4) is 0 Å². The lowest BCUT2D eigenvalue weighted by atomic mass is 10.1. The molecule has 0 aliphatic carbocycles. The summed E-state index contributed by atoms with van der Waals surface area (Å²) in [6, 6.07) is 2.99. The molecular formula is C12H14N2O4. The van der Waals surface area contributed by atoms with Crippen molar-refractivity contribution in [1.29, 1.82) is 10.5 Å². The highest BCUT2D eigenvalue weighted by Gasteiger charge is 2.24. The Kier molecular flexibility index (Phi) is 6.16. The smallest absolute Gasteiger partial charge is 0.350 e. The van der Waals surface area contributed by atoms with Crippen molar-refractivity contribution in [1.82, 2.24) is 0 Å². The predicted molar refractivity (Wildman–Crippen MR) is 60.7 cm³/mol. The zero-order valence-corrected chi connectivity index (χ0v) is 10.7. The minimum absolute atomic E-state index is 0.457. The van der Waals surface area contributed by atoms with E-state index in [-0.39, 0.29) is 0 Å². The van der Waals surface area contributed by atoms with E-state index in [1.807, 2.05) is 0 Å². The van der Waals surface area contributed by atoms with E-state index in [1.165, 1.54) is 12.1 Å². The van der Waals surface area contributed by atoms with Crippen LogP contribution in [-0.2, 0) is 19.1 Å². The van der Waals surface area contributed by atoms with Gasteiger partial charge < -0.3 is 9.47 Å². The lowest BCUT2D eigenvalue weighted by Crippen LogP contribution is -2.19. The van der Waals surface area contributed by atoms with Crippen LogP contribution >= 0.6 is 0 Å². The van der Waals surface area contributed by atoms with Crippen LogP contribution in [0.1, 0.15) is 27.7 Å². The van der Waals surface area contributed by atoms with Gasteiger partial charge in [0.25, 0.3) is 0 Å². The zero-order chi connectivity index (χ0) is 14.3. The number of esters is 2. The number of hydrogen-bond acceptors (Lipinski definition) is 6. The van der Waals surface area contributed by atoms with Crippen molar-refractivity contribution in [2.45, 2.75) is 39.9 Å². The first-order valence-corrected chi connectivity index (χ1v) is 5.29. The molecule has 0 unspecified atom stereocenters. The highest BCUT2D eigenvalue weighted by atomic mass is 16.5. The minimum Gasteiger partial charge on any atom is -0.459 e. The number of rotatable bonds is 4. The summed E-state index contributed by atoms with van der Waals surface area (Å²) >= 11 is 0. The van der Waals surface area contributed by atoms with Crippen LogP contribution in [0.4, 0.5) is 0 Å². The van der Waals surface area contributed by atoms with E-state index in [4.69, 9.17) is 20.0 Å². The lowest BCUT2D eigenvalue weighted by Gasteiger charge is -2.09. The van der Waals surface area contributed by atoms with Crippen molar-refractivity contribution < 1.29 is 19.1 Å². The number of ether oxygens (including phenoxy) is 2. The second-order valence-corrected chi connectivity index (χ2v) is 3.88. The van der Waals surface area contributed by atoms with Crippen LogP contribution in [0.2, 0.25) is 0 Å². The molecule has 0 fully saturated rings. The topological polar surface area (TPSA) is 100 Å². The number of nitriles is 2. The van der Waals surface area contributed by atoms with Crippen LogP contribution in [0.25, 0.3) is 0 Å². The molecule has 0 aliphatic heterocycles. The summed E-state index contributed by atoms with van der Waals surface area (Å²) in [6.45, 7) is 6.35. The molecule has 0 spiro atoms. The maximum Gasteiger partial charge on any atom is 0.350 e. The fourth-order valence-corrected chi connectivity index (χ4v) is 0.953. The van der Waals surface area contributed by atoms with Gasteiger partial charge in [0.1, 0.15) is 12.1 Å². The molecule has 18 heavy (non-hydrogen) atoms. The molecule has 0 aromatic heterocycles. The summed E-state index contributed by atoms with van der Waals surface area (Å²) in [5.41, 5.74) is -1.28. The first-order chi connectivity index (χ1) is 8.33. The molecule has 0 atom stereocenters. The molecule has 0 aromatic rings. The average molecular weight is 250 g/mol. The third-order valence-corrected chi connectivity index (χ3v) is 1.57. The first kappa shape index (κ1) is 15.7. The highest BCUT2D eigenvalue weighted by Crippen LogP contribution is 2.10. The van der Waals surface area contributed by atoms with E-state index in [9.17, 15) is 9.59 Å². The monoisotopic (exact) mass is 250 g/mol. The van der Waals surface area contributed by atoms with Gasteiger partial charge in [-0.15, -0.1) is 0 Å². The fraction of sp³-hybridized carbons (Fsp3) is 0.500. The van der Waals surface area contributed by atoms with Gasteiger partial charge in [-0.3, -0.25) is 0 Å². The molecule has 0 saturated carbocycles. The Morgan fingerprint density at radius 3 is 1.28 bits per heavy atom. The van der Waals surface area contributed by atoms with E-state index < -0.39 is 35.3 Å². The van der Waals surface area contributed by atoms with E-state index >= 15 is 0 Å². The predicted octanol–water partition coefficient (Wildman–Crippen LogP) is 1.23. The van der Waals surface area contributed by atoms with Gasteiger partial charge >= 0.3 is 11.9 Å². The highest BCUT2D eigenvalue weighted by molar-refractivity contribution is 6.05.